The first-order chi connectivity index (χ1) is 11.0. The van der Waals surface area contributed by atoms with Gasteiger partial charge in [-0.25, -0.2) is 9.18 Å². The van der Waals surface area contributed by atoms with Gasteiger partial charge in [0.15, 0.2) is 0 Å². The number of benzene rings is 1. The summed E-state index contributed by atoms with van der Waals surface area (Å²) in [6.07, 6.45) is 0.201. The van der Waals surface area contributed by atoms with Gasteiger partial charge in [0.2, 0.25) is 0 Å². The van der Waals surface area contributed by atoms with E-state index in [1.165, 1.54) is 24.3 Å². The molecule has 5 N–H and O–H groups in total. The third kappa shape index (κ3) is 8.96. The molecule has 1 aromatic rings. The zero-order chi connectivity index (χ0) is 18.9. The summed E-state index contributed by atoms with van der Waals surface area (Å²) in [4.78, 5) is 31.7. The quantitative estimate of drug-likeness (QED) is 0.533. The smallest absolute Gasteiger partial charge is 0.330 e. The maximum Gasteiger partial charge on any atom is 0.330 e. The van der Waals surface area contributed by atoms with Crippen LogP contribution in [-0.2, 0) is 25.5 Å². The lowest BCUT2D eigenvalue weighted by atomic mass is 10.1. The molecule has 0 radical (unpaired) electrons. The van der Waals surface area contributed by atoms with Crippen molar-refractivity contribution in [3.63, 3.8) is 0 Å². The lowest BCUT2D eigenvalue weighted by Gasteiger charge is -2.09. The number of rotatable bonds is 5. The van der Waals surface area contributed by atoms with Gasteiger partial charge in [0.05, 0.1) is 0 Å². The molecule has 2 atom stereocenters. The largest absolute Gasteiger partial charge is 0.480 e. The van der Waals surface area contributed by atoms with Crippen LogP contribution in [0.1, 0.15) is 26.3 Å². The van der Waals surface area contributed by atoms with Gasteiger partial charge in [0.1, 0.15) is 17.9 Å². The molecule has 0 amide bonds. The summed E-state index contributed by atoms with van der Waals surface area (Å²) in [6.45, 7) is 4.68. The number of esters is 2. The lowest BCUT2D eigenvalue weighted by Crippen LogP contribution is -2.35. The second kappa shape index (κ2) is 10.5. The van der Waals surface area contributed by atoms with Gasteiger partial charge in [0.25, 0.3) is 0 Å². The minimum absolute atomic E-state index is 0.0208. The third-order valence-corrected chi connectivity index (χ3v) is 2.92. The maximum atomic E-state index is 12.6. The standard InChI is InChI=1S/C11H12FNO3.C5H11NO2/c1-7(14)16-11(15)10(13)6-8-2-4-9(12)5-3-8;1-3(2)4(6)5(7)8/h2-5,10H,6,13H2,1H3;3-4H,6H2,1-2H3,(H,7,8)/t10-;4-/m00/s1. The van der Waals surface area contributed by atoms with Gasteiger partial charge < -0.3 is 21.3 Å². The van der Waals surface area contributed by atoms with Gasteiger partial charge in [-0.1, -0.05) is 26.0 Å². The number of carboxylic acids is 1. The Morgan fingerprint density at radius 2 is 1.67 bits per heavy atom. The maximum absolute atomic E-state index is 12.6. The molecule has 0 aliphatic heterocycles. The van der Waals surface area contributed by atoms with Crippen molar-refractivity contribution in [3.8, 4) is 0 Å². The van der Waals surface area contributed by atoms with E-state index in [4.69, 9.17) is 16.6 Å². The average Bonchev–Trinajstić information content (AvgIpc) is 2.48. The Labute approximate surface area is 139 Å². The molecule has 0 saturated heterocycles. The minimum Gasteiger partial charge on any atom is -0.480 e. The molecule has 24 heavy (non-hydrogen) atoms. The topological polar surface area (TPSA) is 133 Å². The van der Waals surface area contributed by atoms with Crippen LogP contribution in [0.5, 0.6) is 0 Å². The Kier molecular flexibility index (Phi) is 9.44. The van der Waals surface area contributed by atoms with Crippen LogP contribution < -0.4 is 11.5 Å². The second-order valence-corrected chi connectivity index (χ2v) is 5.46. The molecule has 0 unspecified atom stereocenters. The Balaban J connectivity index is 0.000000561. The number of aliphatic carboxylic acids is 1. The number of carbonyl (C=O) groups excluding carboxylic acids is 2. The van der Waals surface area contributed by atoms with E-state index >= 15 is 0 Å². The van der Waals surface area contributed by atoms with E-state index < -0.39 is 30.0 Å². The monoisotopic (exact) mass is 342 g/mol. The number of hydrogen-bond acceptors (Lipinski definition) is 6. The van der Waals surface area contributed by atoms with Crippen molar-refractivity contribution in [3.05, 3.63) is 35.6 Å². The van der Waals surface area contributed by atoms with Crippen LogP contribution in [0.4, 0.5) is 4.39 Å². The van der Waals surface area contributed by atoms with E-state index in [1.807, 2.05) is 0 Å². The number of hydrogen-bond donors (Lipinski definition) is 3. The zero-order valence-electron chi connectivity index (χ0n) is 13.9. The third-order valence-electron chi connectivity index (χ3n) is 2.92. The predicted octanol–water partition coefficient (Wildman–Crippen LogP) is 0.839. The number of halogens is 1. The highest BCUT2D eigenvalue weighted by molar-refractivity contribution is 5.87. The Bertz CT molecular complexity index is 560. The summed E-state index contributed by atoms with van der Waals surface area (Å²) in [6, 6.07) is 3.97. The summed E-state index contributed by atoms with van der Waals surface area (Å²) in [5, 5.41) is 8.23. The summed E-state index contributed by atoms with van der Waals surface area (Å²) in [7, 11) is 0. The first kappa shape index (κ1) is 21.7. The second-order valence-electron chi connectivity index (χ2n) is 5.46. The van der Waals surface area contributed by atoms with Crippen molar-refractivity contribution in [1.82, 2.24) is 0 Å². The van der Waals surface area contributed by atoms with Gasteiger partial charge in [-0.2, -0.15) is 0 Å². The highest BCUT2D eigenvalue weighted by Crippen LogP contribution is 2.05. The molecule has 7 nitrogen and oxygen atoms in total. The summed E-state index contributed by atoms with van der Waals surface area (Å²) in [5.74, 6) is -2.74. The fourth-order valence-corrected chi connectivity index (χ4v) is 1.46. The summed E-state index contributed by atoms with van der Waals surface area (Å²) in [5.41, 5.74) is 11.4. The normalized spacial score (nSPS) is 12.6. The molecule has 0 aliphatic rings. The zero-order valence-corrected chi connectivity index (χ0v) is 13.9. The fourth-order valence-electron chi connectivity index (χ4n) is 1.46. The number of nitrogens with two attached hydrogens (primary N) is 2. The first-order valence-corrected chi connectivity index (χ1v) is 7.25. The van der Waals surface area contributed by atoms with Crippen LogP contribution in [0.15, 0.2) is 24.3 Å². The van der Waals surface area contributed by atoms with Crippen molar-refractivity contribution < 1.29 is 28.6 Å². The molecule has 0 aliphatic carbocycles. The van der Waals surface area contributed by atoms with Crippen LogP contribution in [0.25, 0.3) is 0 Å². The number of ether oxygens (including phenoxy) is 1. The molecule has 0 heterocycles. The van der Waals surface area contributed by atoms with Crippen LogP contribution in [0, 0.1) is 11.7 Å². The summed E-state index contributed by atoms with van der Waals surface area (Å²) < 4.78 is 16.9. The molecule has 0 spiro atoms. The van der Waals surface area contributed by atoms with Crippen LogP contribution in [0.3, 0.4) is 0 Å². The highest BCUT2D eigenvalue weighted by atomic mass is 19.1. The average molecular weight is 342 g/mol. The Morgan fingerprint density at radius 1 is 1.17 bits per heavy atom. The van der Waals surface area contributed by atoms with Gasteiger partial charge >= 0.3 is 17.9 Å². The van der Waals surface area contributed by atoms with Gasteiger partial charge in [-0.05, 0) is 30.0 Å². The predicted molar refractivity (Wildman–Crippen MR) is 85.3 cm³/mol. The van der Waals surface area contributed by atoms with E-state index in [2.05, 4.69) is 4.74 Å². The van der Waals surface area contributed by atoms with Crippen LogP contribution in [-0.4, -0.2) is 35.1 Å². The van der Waals surface area contributed by atoms with E-state index in [0.717, 1.165) is 6.92 Å². The van der Waals surface area contributed by atoms with Crippen molar-refractivity contribution >= 4 is 17.9 Å². The minimum atomic E-state index is -0.931. The van der Waals surface area contributed by atoms with Crippen LogP contribution >= 0.6 is 0 Å². The van der Waals surface area contributed by atoms with E-state index in [-0.39, 0.29) is 18.2 Å². The molecule has 134 valence electrons. The lowest BCUT2D eigenvalue weighted by molar-refractivity contribution is -0.159. The van der Waals surface area contributed by atoms with Crippen molar-refractivity contribution in [1.29, 1.82) is 0 Å². The molecule has 0 aromatic heterocycles. The van der Waals surface area contributed by atoms with Crippen molar-refractivity contribution in [2.45, 2.75) is 39.3 Å². The summed E-state index contributed by atoms with van der Waals surface area (Å²) >= 11 is 0. The van der Waals surface area contributed by atoms with Gasteiger partial charge in [-0.15, -0.1) is 0 Å². The Morgan fingerprint density at radius 3 is 2.00 bits per heavy atom. The molecule has 0 bridgehead atoms. The van der Waals surface area contributed by atoms with E-state index in [9.17, 15) is 18.8 Å². The Hall–Kier alpha value is -2.32. The molecular formula is C16H23FN2O5. The SMILES string of the molecule is CC(=O)OC(=O)[C@@H](N)Cc1ccc(F)cc1.CC(C)[C@H](N)C(=O)O. The highest BCUT2D eigenvalue weighted by Gasteiger charge is 2.17. The van der Waals surface area contributed by atoms with E-state index in [1.54, 1.807) is 13.8 Å². The molecule has 8 heteroatoms. The molecule has 0 saturated carbocycles. The molecule has 0 fully saturated rings. The van der Waals surface area contributed by atoms with Crippen molar-refractivity contribution in [2.75, 3.05) is 0 Å². The molecular weight excluding hydrogens is 319 g/mol. The number of carboxylic acid groups (broad SMARTS) is 1. The van der Waals surface area contributed by atoms with Crippen molar-refractivity contribution in [2.24, 2.45) is 17.4 Å². The fraction of sp³-hybridized carbons (Fsp3) is 0.438. The van der Waals surface area contributed by atoms with Crippen LogP contribution in [0.2, 0.25) is 0 Å². The molecule has 1 rings (SSSR count). The van der Waals surface area contributed by atoms with Gasteiger partial charge in [0, 0.05) is 6.92 Å². The first-order valence-electron chi connectivity index (χ1n) is 7.25. The van der Waals surface area contributed by atoms with E-state index in [0.29, 0.717) is 5.56 Å². The van der Waals surface area contributed by atoms with Gasteiger partial charge in [-0.3, -0.25) is 9.59 Å². The molecule has 1 aromatic carbocycles. The number of carbonyl (C=O) groups is 3.